The number of H-pyrrole nitrogens is 1. The zero-order valence-electron chi connectivity index (χ0n) is 10.8. The number of hydrogen-bond donors (Lipinski definition) is 1. The fourth-order valence-electron chi connectivity index (χ4n) is 1.96. The first-order valence-corrected chi connectivity index (χ1v) is 7.22. The van der Waals surface area contributed by atoms with E-state index in [2.05, 4.69) is 20.9 Å². The molecule has 8 heteroatoms. The smallest absolute Gasteiger partial charge is 0.297 e. The van der Waals surface area contributed by atoms with Crippen molar-refractivity contribution in [1.82, 2.24) is 9.55 Å². The van der Waals surface area contributed by atoms with Gasteiger partial charge in [-0.15, -0.1) is 0 Å². The van der Waals surface area contributed by atoms with Crippen LogP contribution in [0.15, 0.2) is 26.2 Å². The number of benzene rings is 1. The summed E-state index contributed by atoms with van der Waals surface area (Å²) in [6, 6.07) is 1.94. The highest BCUT2D eigenvalue weighted by atomic mass is 79.9. The maximum Gasteiger partial charge on any atom is 0.334 e. The molecular formula is C13H10BrClF2N2O2. The van der Waals surface area contributed by atoms with Crippen molar-refractivity contribution in [3.8, 4) is 5.69 Å². The minimum atomic E-state index is -1.03. The van der Waals surface area contributed by atoms with Crippen LogP contribution >= 0.6 is 27.5 Å². The van der Waals surface area contributed by atoms with Crippen LogP contribution in [0.5, 0.6) is 0 Å². The largest absolute Gasteiger partial charge is 0.334 e. The molecule has 0 aliphatic rings. The van der Waals surface area contributed by atoms with Gasteiger partial charge < -0.3 is 0 Å². The second-order valence-electron chi connectivity index (χ2n) is 4.33. The average molecular weight is 380 g/mol. The van der Waals surface area contributed by atoms with Crippen LogP contribution in [-0.2, 0) is 6.42 Å². The molecule has 2 aromatic rings. The molecule has 0 unspecified atom stereocenters. The summed E-state index contributed by atoms with van der Waals surface area (Å²) in [7, 11) is 0. The second-order valence-corrected chi connectivity index (χ2v) is 5.62. The fraction of sp³-hybridized carbons (Fsp3) is 0.231. The number of halogens is 4. The van der Waals surface area contributed by atoms with Gasteiger partial charge in [0.1, 0.15) is 10.8 Å². The lowest BCUT2D eigenvalue weighted by Crippen LogP contribution is -2.37. The molecule has 1 heterocycles. The lowest BCUT2D eigenvalue weighted by Gasteiger charge is -2.10. The molecule has 0 saturated carbocycles. The van der Waals surface area contributed by atoms with Crippen molar-refractivity contribution >= 4 is 27.5 Å². The van der Waals surface area contributed by atoms with Gasteiger partial charge in [0.05, 0.1) is 5.56 Å². The summed E-state index contributed by atoms with van der Waals surface area (Å²) in [5.74, 6) is -2.06. The van der Waals surface area contributed by atoms with E-state index in [1.54, 1.807) is 0 Å². The lowest BCUT2D eigenvalue weighted by atomic mass is 10.2. The average Bonchev–Trinajstić information content (AvgIpc) is 2.37. The van der Waals surface area contributed by atoms with Crippen molar-refractivity contribution in [1.29, 1.82) is 0 Å². The summed E-state index contributed by atoms with van der Waals surface area (Å²) < 4.78 is 28.5. The van der Waals surface area contributed by atoms with Crippen LogP contribution < -0.4 is 11.2 Å². The summed E-state index contributed by atoms with van der Waals surface area (Å²) >= 11 is 8.75. The zero-order chi connectivity index (χ0) is 15.7. The zero-order valence-corrected chi connectivity index (χ0v) is 13.2. The monoisotopic (exact) mass is 378 g/mol. The number of hydrogen-bond acceptors (Lipinski definition) is 2. The van der Waals surface area contributed by atoms with Crippen LogP contribution in [0, 0.1) is 11.6 Å². The molecule has 0 fully saturated rings. The highest BCUT2D eigenvalue weighted by Crippen LogP contribution is 2.21. The molecule has 0 atom stereocenters. The van der Waals surface area contributed by atoms with Crippen molar-refractivity contribution in [2.75, 3.05) is 0 Å². The summed E-state index contributed by atoms with van der Waals surface area (Å²) in [5.41, 5.74) is -2.44. The molecule has 21 heavy (non-hydrogen) atoms. The number of rotatable bonds is 3. The van der Waals surface area contributed by atoms with Gasteiger partial charge in [-0.05, 0) is 18.6 Å². The van der Waals surface area contributed by atoms with Gasteiger partial charge in [0.2, 0.25) is 0 Å². The molecule has 2 rings (SSSR count). The van der Waals surface area contributed by atoms with E-state index in [1.807, 2.05) is 6.92 Å². The first kappa shape index (κ1) is 15.9. The third-order valence-electron chi connectivity index (χ3n) is 2.85. The molecule has 0 amide bonds. The summed E-state index contributed by atoms with van der Waals surface area (Å²) in [4.78, 5) is 26.4. The Hall–Kier alpha value is -1.47. The van der Waals surface area contributed by atoms with E-state index in [-0.39, 0.29) is 21.6 Å². The van der Waals surface area contributed by atoms with Gasteiger partial charge in [-0.25, -0.2) is 18.1 Å². The first-order valence-electron chi connectivity index (χ1n) is 6.05. The van der Waals surface area contributed by atoms with E-state index in [0.29, 0.717) is 11.0 Å². The molecule has 0 aliphatic heterocycles. The predicted molar refractivity (Wildman–Crippen MR) is 79.3 cm³/mol. The van der Waals surface area contributed by atoms with E-state index in [4.69, 9.17) is 11.6 Å². The SMILES string of the molecule is CCCc1c(Cl)[nH]c(=O)n(-c2c(F)cc(Br)cc2F)c1=O. The number of aromatic amines is 1. The van der Waals surface area contributed by atoms with Crippen LogP contribution in [0.25, 0.3) is 5.69 Å². The minimum Gasteiger partial charge on any atom is -0.297 e. The van der Waals surface area contributed by atoms with Crippen molar-refractivity contribution in [3.63, 3.8) is 0 Å². The van der Waals surface area contributed by atoms with Gasteiger partial charge in [-0.1, -0.05) is 40.9 Å². The standard InChI is InChI=1S/C13H10BrClF2N2O2/c1-2-3-7-11(15)18-13(21)19(12(7)20)10-8(16)4-6(14)5-9(10)17/h4-5H,2-3H2,1H3,(H,18,21). The Kier molecular flexibility index (Phi) is 4.63. The first-order chi connectivity index (χ1) is 9.86. The van der Waals surface area contributed by atoms with Gasteiger partial charge >= 0.3 is 5.69 Å². The third-order valence-corrected chi connectivity index (χ3v) is 3.63. The number of nitrogens with zero attached hydrogens (tertiary/aromatic N) is 1. The number of nitrogens with one attached hydrogen (secondary N) is 1. The Balaban J connectivity index is 2.86. The van der Waals surface area contributed by atoms with E-state index >= 15 is 0 Å². The Morgan fingerprint density at radius 3 is 2.38 bits per heavy atom. The molecule has 4 nitrogen and oxygen atoms in total. The molecule has 0 spiro atoms. The molecule has 1 aromatic heterocycles. The van der Waals surface area contributed by atoms with Crippen molar-refractivity contribution in [2.45, 2.75) is 19.8 Å². The van der Waals surface area contributed by atoms with Crippen molar-refractivity contribution in [2.24, 2.45) is 0 Å². The van der Waals surface area contributed by atoms with E-state index in [9.17, 15) is 18.4 Å². The molecule has 0 aliphatic carbocycles. The molecule has 1 aromatic carbocycles. The topological polar surface area (TPSA) is 54.9 Å². The maximum absolute atomic E-state index is 14.0. The van der Waals surface area contributed by atoms with Gasteiger partial charge in [-0.2, -0.15) is 0 Å². The van der Waals surface area contributed by atoms with Gasteiger partial charge in [0.15, 0.2) is 11.6 Å². The Morgan fingerprint density at radius 2 is 1.86 bits per heavy atom. The molecular weight excluding hydrogens is 370 g/mol. The van der Waals surface area contributed by atoms with Crippen LogP contribution in [0.2, 0.25) is 5.15 Å². The lowest BCUT2D eigenvalue weighted by molar-refractivity contribution is 0.559. The van der Waals surface area contributed by atoms with Gasteiger partial charge in [0.25, 0.3) is 5.56 Å². The predicted octanol–water partition coefficient (Wildman–Crippen LogP) is 3.17. The third kappa shape index (κ3) is 2.94. The second kappa shape index (κ2) is 6.11. The summed E-state index contributed by atoms with van der Waals surface area (Å²) in [5, 5.41) is -0.110. The Bertz CT molecular complexity index is 794. The highest BCUT2D eigenvalue weighted by molar-refractivity contribution is 9.10. The van der Waals surface area contributed by atoms with Crippen molar-refractivity contribution in [3.05, 3.63) is 59.8 Å². The minimum absolute atomic E-state index is 0.110. The quantitative estimate of drug-likeness (QED) is 0.833. The fourth-order valence-corrected chi connectivity index (χ4v) is 2.62. The molecule has 0 saturated heterocycles. The highest BCUT2D eigenvalue weighted by Gasteiger charge is 2.20. The molecule has 112 valence electrons. The molecule has 0 bridgehead atoms. The van der Waals surface area contributed by atoms with E-state index in [1.165, 1.54) is 0 Å². The van der Waals surface area contributed by atoms with Gasteiger partial charge in [0, 0.05) is 4.47 Å². The Morgan fingerprint density at radius 1 is 1.29 bits per heavy atom. The van der Waals surface area contributed by atoms with Crippen LogP contribution in [0.1, 0.15) is 18.9 Å². The van der Waals surface area contributed by atoms with Crippen molar-refractivity contribution < 1.29 is 8.78 Å². The van der Waals surface area contributed by atoms with Gasteiger partial charge in [-0.3, -0.25) is 9.78 Å². The normalized spacial score (nSPS) is 10.9. The van der Waals surface area contributed by atoms with Crippen LogP contribution in [0.4, 0.5) is 8.78 Å². The van der Waals surface area contributed by atoms with Crippen LogP contribution in [-0.4, -0.2) is 9.55 Å². The molecule has 0 radical (unpaired) electrons. The van der Waals surface area contributed by atoms with Crippen LogP contribution in [0.3, 0.4) is 0 Å². The number of aromatic nitrogens is 2. The van der Waals surface area contributed by atoms with E-state index < -0.39 is 28.6 Å². The maximum atomic E-state index is 14.0. The Labute approximate surface area is 131 Å². The summed E-state index contributed by atoms with van der Waals surface area (Å²) in [6.45, 7) is 1.81. The molecule has 1 N–H and O–H groups in total. The summed E-state index contributed by atoms with van der Waals surface area (Å²) in [6.07, 6.45) is 0.876. The van der Waals surface area contributed by atoms with E-state index in [0.717, 1.165) is 12.1 Å².